The van der Waals surface area contributed by atoms with Crippen molar-refractivity contribution in [1.82, 2.24) is 0 Å². The topological polar surface area (TPSA) is 50.7 Å². The van der Waals surface area contributed by atoms with E-state index in [9.17, 15) is 18.0 Å². The van der Waals surface area contributed by atoms with Crippen LogP contribution in [0, 0.1) is 17.5 Å². The van der Waals surface area contributed by atoms with Crippen LogP contribution in [-0.4, -0.2) is 18.2 Å². The smallest absolute Gasteiger partial charge is 0.265 e. The third-order valence-corrected chi connectivity index (χ3v) is 4.32. The van der Waals surface area contributed by atoms with E-state index in [2.05, 4.69) is 10.5 Å². The summed E-state index contributed by atoms with van der Waals surface area (Å²) in [5.41, 5.74) is 3.86. The fraction of sp³-hybridized carbons (Fsp3) is 0.0476. The number of amides is 1. The highest BCUT2D eigenvalue weighted by Crippen LogP contribution is 2.36. The number of carbonyl (C=O) groups excluding carboxylic acids is 1. The summed E-state index contributed by atoms with van der Waals surface area (Å²) < 4.78 is 39.8. The van der Waals surface area contributed by atoms with Gasteiger partial charge in [0.25, 0.3) is 5.91 Å². The zero-order chi connectivity index (χ0) is 19.7. The molecule has 1 amide bonds. The Morgan fingerprint density at radius 2 is 1.39 bits per heavy atom. The lowest BCUT2D eigenvalue weighted by molar-refractivity contribution is -0.120. The molecule has 0 aromatic heterocycles. The Morgan fingerprint density at radius 3 is 2.00 bits per heavy atom. The van der Waals surface area contributed by atoms with Crippen LogP contribution >= 0.6 is 0 Å². The molecule has 1 N–H and O–H groups in total. The number of carbonyl (C=O) groups is 1. The molecule has 0 radical (unpaired) electrons. The lowest BCUT2D eigenvalue weighted by Gasteiger charge is -2.07. The molecule has 3 aromatic rings. The second-order valence-corrected chi connectivity index (χ2v) is 6.08. The number of fused-ring (bicyclic) bond motifs is 3. The van der Waals surface area contributed by atoms with Crippen LogP contribution in [0.4, 0.5) is 18.9 Å². The van der Waals surface area contributed by atoms with Gasteiger partial charge in [-0.2, -0.15) is 0 Å². The number of hydrogen-bond donors (Lipinski definition) is 1. The minimum absolute atomic E-state index is 0.475. The summed E-state index contributed by atoms with van der Waals surface area (Å²) in [5, 5.41) is 6.20. The quantitative estimate of drug-likeness (QED) is 0.418. The summed E-state index contributed by atoms with van der Waals surface area (Å²) in [6.45, 7) is -0.522. The van der Waals surface area contributed by atoms with Crippen molar-refractivity contribution in [1.29, 1.82) is 0 Å². The van der Waals surface area contributed by atoms with Crippen LogP contribution in [0.25, 0.3) is 11.1 Å². The molecule has 0 bridgehead atoms. The fourth-order valence-electron chi connectivity index (χ4n) is 3.06. The molecule has 7 heteroatoms. The van der Waals surface area contributed by atoms with E-state index in [1.807, 2.05) is 48.5 Å². The molecular formula is C21H13F3N2O2. The van der Waals surface area contributed by atoms with Crippen LogP contribution in [0.15, 0.2) is 65.8 Å². The first-order valence-corrected chi connectivity index (χ1v) is 8.38. The Labute approximate surface area is 158 Å². The molecular weight excluding hydrogens is 369 g/mol. The van der Waals surface area contributed by atoms with Gasteiger partial charge in [0, 0.05) is 11.1 Å². The minimum Gasteiger partial charge on any atom is -0.385 e. The predicted octanol–water partition coefficient (Wildman–Crippen LogP) is 4.49. The highest BCUT2D eigenvalue weighted by Gasteiger charge is 2.24. The second kappa shape index (κ2) is 7.19. The molecule has 4 rings (SSSR count). The molecule has 0 saturated carbocycles. The summed E-state index contributed by atoms with van der Waals surface area (Å²) in [6, 6.07) is 17.0. The largest absolute Gasteiger partial charge is 0.385 e. The lowest BCUT2D eigenvalue weighted by Crippen LogP contribution is -2.18. The summed E-state index contributed by atoms with van der Waals surface area (Å²) in [7, 11) is 0. The van der Waals surface area contributed by atoms with Gasteiger partial charge in [0.15, 0.2) is 24.1 Å². The van der Waals surface area contributed by atoms with Crippen molar-refractivity contribution >= 4 is 17.3 Å². The zero-order valence-corrected chi connectivity index (χ0v) is 14.4. The molecule has 0 heterocycles. The van der Waals surface area contributed by atoms with E-state index in [0.717, 1.165) is 34.4 Å². The van der Waals surface area contributed by atoms with E-state index < -0.39 is 35.7 Å². The molecule has 0 aliphatic heterocycles. The number of hydrogen-bond acceptors (Lipinski definition) is 3. The molecule has 0 saturated heterocycles. The maximum absolute atomic E-state index is 13.6. The minimum atomic E-state index is -1.65. The fourth-order valence-corrected chi connectivity index (χ4v) is 3.06. The van der Waals surface area contributed by atoms with E-state index in [4.69, 9.17) is 4.84 Å². The number of anilines is 1. The van der Waals surface area contributed by atoms with E-state index >= 15 is 0 Å². The Bertz CT molecular complexity index is 1070. The van der Waals surface area contributed by atoms with Gasteiger partial charge in [-0.15, -0.1) is 0 Å². The predicted molar refractivity (Wildman–Crippen MR) is 98.4 cm³/mol. The number of nitrogens with zero attached hydrogens (tertiary/aromatic N) is 1. The molecule has 140 valence electrons. The first kappa shape index (κ1) is 17.8. The first-order chi connectivity index (χ1) is 13.6. The van der Waals surface area contributed by atoms with Gasteiger partial charge in [-0.3, -0.25) is 4.79 Å². The number of halogens is 3. The monoisotopic (exact) mass is 382 g/mol. The second-order valence-electron chi connectivity index (χ2n) is 6.08. The standard InChI is InChI=1S/C21H13F3N2O2/c22-16-9-10-17(20(24)19(16)23)25-18(27)11-28-26-21-14-7-3-1-5-12(14)13-6-2-4-8-15(13)21/h1-10H,11H2,(H,25,27). The number of rotatable bonds is 4. The van der Waals surface area contributed by atoms with Crippen molar-refractivity contribution in [3.05, 3.63) is 89.2 Å². The van der Waals surface area contributed by atoms with E-state index in [1.54, 1.807) is 0 Å². The summed E-state index contributed by atoms with van der Waals surface area (Å²) >= 11 is 0. The normalized spacial score (nSPS) is 11.6. The average molecular weight is 382 g/mol. The van der Waals surface area contributed by atoms with Crippen molar-refractivity contribution in [2.24, 2.45) is 5.16 Å². The lowest BCUT2D eigenvalue weighted by atomic mass is 10.1. The molecule has 0 unspecified atom stereocenters. The third-order valence-electron chi connectivity index (χ3n) is 4.32. The maximum Gasteiger partial charge on any atom is 0.265 e. The van der Waals surface area contributed by atoms with Gasteiger partial charge in [0.2, 0.25) is 0 Å². The summed E-state index contributed by atoms with van der Waals surface area (Å²) in [5.74, 6) is -5.22. The molecule has 0 spiro atoms. The molecule has 28 heavy (non-hydrogen) atoms. The van der Waals surface area contributed by atoms with Crippen molar-refractivity contribution in [2.75, 3.05) is 11.9 Å². The number of oxime groups is 1. The Morgan fingerprint density at radius 1 is 0.821 bits per heavy atom. The van der Waals surface area contributed by atoms with Gasteiger partial charge in [-0.1, -0.05) is 53.7 Å². The zero-order valence-electron chi connectivity index (χ0n) is 14.4. The van der Waals surface area contributed by atoms with Crippen LogP contribution < -0.4 is 5.32 Å². The van der Waals surface area contributed by atoms with Crippen molar-refractivity contribution < 1.29 is 22.8 Å². The Kier molecular flexibility index (Phi) is 4.57. The highest BCUT2D eigenvalue weighted by atomic mass is 19.2. The Balaban J connectivity index is 1.50. The van der Waals surface area contributed by atoms with Crippen LogP contribution in [0.3, 0.4) is 0 Å². The summed E-state index contributed by atoms with van der Waals surface area (Å²) in [4.78, 5) is 17.1. The van der Waals surface area contributed by atoms with E-state index in [-0.39, 0.29) is 0 Å². The van der Waals surface area contributed by atoms with Gasteiger partial charge < -0.3 is 10.2 Å². The molecule has 0 fully saturated rings. The molecule has 1 aliphatic carbocycles. The van der Waals surface area contributed by atoms with Crippen molar-refractivity contribution in [3.8, 4) is 11.1 Å². The molecule has 0 atom stereocenters. The van der Waals surface area contributed by atoms with Gasteiger partial charge >= 0.3 is 0 Å². The maximum atomic E-state index is 13.6. The van der Waals surface area contributed by atoms with Crippen LogP contribution in [-0.2, 0) is 9.63 Å². The van der Waals surface area contributed by atoms with Gasteiger partial charge in [0.05, 0.1) is 5.69 Å². The van der Waals surface area contributed by atoms with Crippen LogP contribution in [0.5, 0.6) is 0 Å². The van der Waals surface area contributed by atoms with E-state index in [1.165, 1.54) is 0 Å². The number of nitrogens with one attached hydrogen (secondary N) is 1. The van der Waals surface area contributed by atoms with Crippen molar-refractivity contribution in [3.63, 3.8) is 0 Å². The number of benzene rings is 3. The van der Waals surface area contributed by atoms with Gasteiger partial charge in [-0.05, 0) is 23.3 Å². The third kappa shape index (κ3) is 3.11. The van der Waals surface area contributed by atoms with Crippen LogP contribution in [0.1, 0.15) is 11.1 Å². The van der Waals surface area contributed by atoms with E-state index in [0.29, 0.717) is 5.71 Å². The van der Waals surface area contributed by atoms with Gasteiger partial charge in [-0.25, -0.2) is 13.2 Å². The average Bonchev–Trinajstić information content (AvgIpc) is 3.03. The highest BCUT2D eigenvalue weighted by molar-refractivity contribution is 6.24. The SMILES string of the molecule is O=C(CON=C1c2ccccc2-c2ccccc21)Nc1ccc(F)c(F)c1F. The molecule has 1 aliphatic rings. The molecule has 3 aromatic carbocycles. The van der Waals surface area contributed by atoms with Gasteiger partial charge in [0.1, 0.15) is 5.71 Å². The molecule has 4 nitrogen and oxygen atoms in total. The Hall–Kier alpha value is -3.61. The first-order valence-electron chi connectivity index (χ1n) is 8.38. The van der Waals surface area contributed by atoms with Crippen molar-refractivity contribution in [2.45, 2.75) is 0 Å². The van der Waals surface area contributed by atoms with Crippen LogP contribution in [0.2, 0.25) is 0 Å². The summed E-state index contributed by atoms with van der Waals surface area (Å²) in [6.07, 6.45) is 0.